The normalized spacial score (nSPS) is 17.6. The van der Waals surface area contributed by atoms with Crippen LogP contribution in [0.1, 0.15) is 64.0 Å². The van der Waals surface area contributed by atoms with Gasteiger partial charge in [-0.15, -0.1) is 11.3 Å². The fourth-order valence-electron chi connectivity index (χ4n) is 3.77. The topological polar surface area (TPSA) is 83.4 Å². The van der Waals surface area contributed by atoms with E-state index < -0.39 is 0 Å². The summed E-state index contributed by atoms with van der Waals surface area (Å²) in [6.45, 7) is 6.49. The van der Waals surface area contributed by atoms with E-state index in [0.717, 1.165) is 41.4 Å². The summed E-state index contributed by atoms with van der Waals surface area (Å²) < 4.78 is 1.47. The first-order valence-corrected chi connectivity index (χ1v) is 10.2. The Bertz CT molecular complexity index is 1060. The molecule has 0 aromatic carbocycles. The molecule has 3 aromatic heterocycles. The number of carbonyl (C=O) groups excluding carboxylic acids is 1. The molecule has 27 heavy (non-hydrogen) atoms. The van der Waals surface area contributed by atoms with Crippen LogP contribution >= 0.6 is 11.3 Å². The van der Waals surface area contributed by atoms with Crippen LogP contribution in [0, 0.1) is 13.8 Å². The average Bonchev–Trinajstić information content (AvgIpc) is 3.24. The zero-order chi connectivity index (χ0) is 19.1. The highest BCUT2D eigenvalue weighted by Crippen LogP contribution is 2.33. The van der Waals surface area contributed by atoms with Crippen molar-refractivity contribution in [3.05, 3.63) is 49.5 Å². The lowest BCUT2D eigenvalue weighted by Crippen LogP contribution is -2.38. The highest BCUT2D eigenvalue weighted by Gasteiger charge is 2.32. The Kier molecular flexibility index (Phi) is 4.59. The van der Waals surface area contributed by atoms with E-state index >= 15 is 0 Å². The minimum absolute atomic E-state index is 0.0241. The number of amides is 1. The van der Waals surface area contributed by atoms with Crippen LogP contribution in [-0.4, -0.2) is 36.9 Å². The molecule has 4 rings (SSSR count). The number of aromatic amines is 1. The molecule has 1 N–H and O–H groups in total. The fourth-order valence-corrected chi connectivity index (χ4v) is 4.64. The van der Waals surface area contributed by atoms with Gasteiger partial charge in [0.15, 0.2) is 5.65 Å². The molecule has 1 aliphatic heterocycles. The van der Waals surface area contributed by atoms with Crippen molar-refractivity contribution in [2.45, 2.75) is 52.5 Å². The number of nitrogens with zero attached hydrogens (tertiary/aromatic N) is 4. The Hall–Kier alpha value is -2.48. The van der Waals surface area contributed by atoms with E-state index in [1.807, 2.05) is 31.7 Å². The van der Waals surface area contributed by atoms with Gasteiger partial charge in [0.2, 0.25) is 0 Å². The second-order valence-corrected chi connectivity index (χ2v) is 8.21. The summed E-state index contributed by atoms with van der Waals surface area (Å²) in [6, 6.07) is 3.38. The molecule has 0 aliphatic carbocycles. The summed E-state index contributed by atoms with van der Waals surface area (Å²) >= 11 is 1.45. The Balaban J connectivity index is 1.73. The van der Waals surface area contributed by atoms with Gasteiger partial charge in [0.25, 0.3) is 11.5 Å². The fraction of sp³-hybridized carbons (Fsp3) is 0.474. The van der Waals surface area contributed by atoms with Gasteiger partial charge in [-0.25, -0.2) is 14.5 Å². The third kappa shape index (κ3) is 3.18. The zero-order valence-corrected chi connectivity index (χ0v) is 16.6. The molecule has 1 fully saturated rings. The van der Waals surface area contributed by atoms with Crippen molar-refractivity contribution in [1.82, 2.24) is 24.5 Å². The molecule has 0 bridgehead atoms. The van der Waals surface area contributed by atoms with Gasteiger partial charge in [-0.3, -0.25) is 14.7 Å². The van der Waals surface area contributed by atoms with Gasteiger partial charge in [0, 0.05) is 24.4 Å². The van der Waals surface area contributed by atoms with E-state index in [4.69, 9.17) is 0 Å². The predicted octanol–water partition coefficient (Wildman–Crippen LogP) is 3.03. The number of nitrogens with one attached hydrogen (secondary N) is 1. The van der Waals surface area contributed by atoms with E-state index in [1.165, 1.54) is 15.9 Å². The van der Waals surface area contributed by atoms with Gasteiger partial charge in [-0.05, 0) is 39.5 Å². The van der Waals surface area contributed by atoms with Crippen molar-refractivity contribution in [3.63, 3.8) is 0 Å². The molecular formula is C19H23N5O2S. The van der Waals surface area contributed by atoms with E-state index in [9.17, 15) is 9.59 Å². The van der Waals surface area contributed by atoms with Crippen LogP contribution in [0.15, 0.2) is 16.9 Å². The first kappa shape index (κ1) is 17.9. The summed E-state index contributed by atoms with van der Waals surface area (Å²) in [6.07, 6.45) is 3.61. The highest BCUT2D eigenvalue weighted by molar-refractivity contribution is 7.13. The van der Waals surface area contributed by atoms with Gasteiger partial charge in [0.05, 0.1) is 22.4 Å². The van der Waals surface area contributed by atoms with Crippen molar-refractivity contribution in [3.8, 4) is 0 Å². The van der Waals surface area contributed by atoms with E-state index in [1.54, 1.807) is 6.07 Å². The number of hydrogen-bond acceptors (Lipinski definition) is 5. The van der Waals surface area contributed by atoms with Crippen LogP contribution in [0.3, 0.4) is 0 Å². The molecule has 0 radical (unpaired) electrons. The molecule has 0 unspecified atom stereocenters. The molecule has 4 heterocycles. The smallest absolute Gasteiger partial charge is 0.272 e. The Morgan fingerprint density at radius 3 is 2.81 bits per heavy atom. The lowest BCUT2D eigenvalue weighted by atomic mass is 9.99. The summed E-state index contributed by atoms with van der Waals surface area (Å²) in [5, 5.41) is 4.08. The van der Waals surface area contributed by atoms with Crippen LogP contribution in [0.5, 0.6) is 0 Å². The van der Waals surface area contributed by atoms with E-state index in [0.29, 0.717) is 23.5 Å². The molecule has 8 heteroatoms. The number of likely N-dealkylation sites (tertiary alicyclic amines) is 1. The second-order valence-electron chi connectivity index (χ2n) is 7.00. The average molecular weight is 385 g/mol. The van der Waals surface area contributed by atoms with Crippen LogP contribution < -0.4 is 5.56 Å². The summed E-state index contributed by atoms with van der Waals surface area (Å²) in [5.74, 6) is 0.0241. The molecule has 1 amide bonds. The molecule has 7 nitrogen and oxygen atoms in total. The first-order valence-electron chi connectivity index (χ1n) is 9.34. The Morgan fingerprint density at radius 2 is 2.11 bits per heavy atom. The molecule has 1 aliphatic rings. The number of H-pyrrole nitrogens is 1. The minimum Gasteiger partial charge on any atom is -0.329 e. The summed E-state index contributed by atoms with van der Waals surface area (Å²) in [7, 11) is 0. The van der Waals surface area contributed by atoms with Crippen LogP contribution in [-0.2, 0) is 6.42 Å². The first-order chi connectivity index (χ1) is 13.0. The lowest BCUT2D eigenvalue weighted by molar-refractivity contribution is 0.0610. The van der Waals surface area contributed by atoms with Gasteiger partial charge >= 0.3 is 0 Å². The quantitative estimate of drug-likeness (QED) is 0.751. The number of fused-ring (bicyclic) bond motifs is 1. The zero-order valence-electron chi connectivity index (χ0n) is 15.8. The highest BCUT2D eigenvalue weighted by atomic mass is 32.1. The molecule has 1 saturated heterocycles. The summed E-state index contributed by atoms with van der Waals surface area (Å²) in [4.78, 5) is 37.1. The summed E-state index contributed by atoms with van der Waals surface area (Å²) in [5.41, 5.74) is 2.91. The molecule has 0 saturated carbocycles. The number of thiazole rings is 1. The van der Waals surface area contributed by atoms with Crippen molar-refractivity contribution in [2.75, 3.05) is 6.54 Å². The maximum absolute atomic E-state index is 13.2. The number of hydrogen-bond donors (Lipinski definition) is 1. The second kappa shape index (κ2) is 6.92. The van der Waals surface area contributed by atoms with Crippen LogP contribution in [0.2, 0.25) is 0 Å². The van der Waals surface area contributed by atoms with Gasteiger partial charge < -0.3 is 4.90 Å². The van der Waals surface area contributed by atoms with Gasteiger partial charge in [-0.1, -0.05) is 6.92 Å². The Morgan fingerprint density at radius 1 is 1.30 bits per heavy atom. The molecule has 3 aromatic rings. The third-order valence-electron chi connectivity index (χ3n) is 5.11. The molecule has 1 atom stereocenters. The van der Waals surface area contributed by atoms with Crippen LogP contribution in [0.4, 0.5) is 0 Å². The van der Waals surface area contributed by atoms with Crippen molar-refractivity contribution < 1.29 is 4.79 Å². The van der Waals surface area contributed by atoms with Crippen molar-refractivity contribution in [1.29, 1.82) is 0 Å². The van der Waals surface area contributed by atoms with Gasteiger partial charge in [-0.2, -0.15) is 0 Å². The number of carbonyl (C=O) groups is 1. The third-order valence-corrected chi connectivity index (χ3v) is 6.17. The number of rotatable bonds is 3. The predicted molar refractivity (Wildman–Crippen MR) is 104 cm³/mol. The van der Waals surface area contributed by atoms with Crippen molar-refractivity contribution in [2.24, 2.45) is 0 Å². The largest absolute Gasteiger partial charge is 0.329 e. The van der Waals surface area contributed by atoms with Gasteiger partial charge in [0.1, 0.15) is 4.88 Å². The SMILES string of the molecule is CCc1cc(=O)n2[nH]c([C@@H]3CCCCN3C(=O)c3sc(C)nc3C)cc2n1. The maximum atomic E-state index is 13.2. The molecule has 142 valence electrons. The van der Waals surface area contributed by atoms with E-state index in [-0.39, 0.29) is 17.5 Å². The van der Waals surface area contributed by atoms with Crippen LogP contribution in [0.25, 0.3) is 5.65 Å². The monoisotopic (exact) mass is 385 g/mol. The minimum atomic E-state index is -0.120. The maximum Gasteiger partial charge on any atom is 0.272 e. The molecule has 0 spiro atoms. The number of piperidine rings is 1. The lowest BCUT2D eigenvalue weighted by Gasteiger charge is -2.34. The number of aromatic nitrogens is 4. The number of aryl methyl sites for hydroxylation is 3. The van der Waals surface area contributed by atoms with E-state index in [2.05, 4.69) is 15.1 Å². The standard InChI is InChI=1S/C19H23N5O2S/c1-4-13-9-17(25)24-16(21-13)10-14(22-24)15-7-5-6-8-23(15)19(26)18-11(2)20-12(3)27-18/h9-10,15,22H,4-8H2,1-3H3/t15-/m0/s1. The molecular weight excluding hydrogens is 362 g/mol. The van der Waals surface area contributed by atoms with Crippen molar-refractivity contribution >= 4 is 22.9 Å². The Labute approximate surface area is 161 Å².